The maximum absolute atomic E-state index is 5.90. The van der Waals surface area contributed by atoms with Crippen LogP contribution in [0.2, 0.25) is 0 Å². The van der Waals surface area contributed by atoms with E-state index in [0.717, 1.165) is 35.4 Å². The minimum Gasteiger partial charge on any atom is -0.492 e. The van der Waals surface area contributed by atoms with Crippen LogP contribution in [0.15, 0.2) is 22.7 Å². The van der Waals surface area contributed by atoms with Crippen LogP contribution in [-0.2, 0) is 6.42 Å². The van der Waals surface area contributed by atoms with Crippen molar-refractivity contribution in [3.63, 3.8) is 0 Å². The van der Waals surface area contributed by atoms with Gasteiger partial charge in [-0.2, -0.15) is 11.8 Å². The smallest absolute Gasteiger partial charge is 0.136 e. The molecule has 0 fully saturated rings. The summed E-state index contributed by atoms with van der Waals surface area (Å²) in [5.74, 6) is 3.28. The van der Waals surface area contributed by atoms with Gasteiger partial charge in [-0.1, -0.05) is 19.1 Å². The summed E-state index contributed by atoms with van der Waals surface area (Å²) in [6, 6.07) is 6.28. The topological polar surface area (TPSA) is 35.2 Å². The van der Waals surface area contributed by atoms with Crippen LogP contribution in [0.25, 0.3) is 0 Å². The van der Waals surface area contributed by atoms with Gasteiger partial charge in [0.15, 0.2) is 0 Å². The third kappa shape index (κ3) is 5.63. The van der Waals surface area contributed by atoms with Gasteiger partial charge in [-0.3, -0.25) is 0 Å². The molecule has 0 saturated heterocycles. The van der Waals surface area contributed by atoms with Gasteiger partial charge in [0.05, 0.1) is 11.1 Å². The summed E-state index contributed by atoms with van der Waals surface area (Å²) in [5, 5.41) is 0. The van der Waals surface area contributed by atoms with E-state index < -0.39 is 0 Å². The molecule has 1 aromatic carbocycles. The van der Waals surface area contributed by atoms with Crippen LogP contribution in [0.4, 0.5) is 0 Å². The fraction of sp³-hybridized carbons (Fsp3) is 0.571. The molecule has 1 aromatic rings. The van der Waals surface area contributed by atoms with Gasteiger partial charge in [-0.05, 0) is 58.8 Å². The lowest BCUT2D eigenvalue weighted by Gasteiger charge is -2.14. The lowest BCUT2D eigenvalue weighted by atomic mass is 10.1. The summed E-state index contributed by atoms with van der Waals surface area (Å²) in [6.07, 6.45) is 1.93. The summed E-state index contributed by atoms with van der Waals surface area (Å²) >= 11 is 5.50. The van der Waals surface area contributed by atoms with E-state index in [0.29, 0.717) is 0 Å². The second-order valence-electron chi connectivity index (χ2n) is 4.31. The molecule has 0 bridgehead atoms. The Balaban J connectivity index is 2.56. The normalized spacial score (nSPS) is 12.4. The highest BCUT2D eigenvalue weighted by Gasteiger charge is 2.09. The Labute approximate surface area is 123 Å². The van der Waals surface area contributed by atoms with E-state index in [1.54, 1.807) is 0 Å². The van der Waals surface area contributed by atoms with Crippen molar-refractivity contribution in [2.24, 2.45) is 5.73 Å². The lowest BCUT2D eigenvalue weighted by molar-refractivity contribution is 0.313. The summed E-state index contributed by atoms with van der Waals surface area (Å²) in [4.78, 5) is 0. The fourth-order valence-corrected chi connectivity index (χ4v) is 2.83. The van der Waals surface area contributed by atoms with Crippen LogP contribution < -0.4 is 10.5 Å². The van der Waals surface area contributed by atoms with E-state index >= 15 is 0 Å². The van der Waals surface area contributed by atoms with Crippen molar-refractivity contribution in [2.75, 3.05) is 18.1 Å². The average molecular weight is 332 g/mol. The number of nitrogens with two attached hydrogens (primary N) is 1. The highest BCUT2D eigenvalue weighted by Crippen LogP contribution is 2.30. The van der Waals surface area contributed by atoms with Crippen LogP contribution in [0, 0.1) is 0 Å². The Kier molecular flexibility index (Phi) is 7.79. The third-order valence-electron chi connectivity index (χ3n) is 2.47. The van der Waals surface area contributed by atoms with Crippen molar-refractivity contribution < 1.29 is 4.74 Å². The molecular formula is C14H22BrNOS. The quantitative estimate of drug-likeness (QED) is 0.734. The molecule has 0 amide bonds. The highest BCUT2D eigenvalue weighted by atomic mass is 79.9. The first-order valence-corrected chi connectivity index (χ1v) is 8.33. The summed E-state index contributed by atoms with van der Waals surface area (Å²) in [7, 11) is 0. The minimum absolute atomic E-state index is 0.150. The fourth-order valence-electron chi connectivity index (χ4n) is 1.70. The number of hydrogen-bond acceptors (Lipinski definition) is 3. The molecule has 0 saturated carbocycles. The predicted octanol–water partition coefficient (Wildman–Crippen LogP) is 3.86. The Hall–Kier alpha value is -0.190. The zero-order valence-corrected chi connectivity index (χ0v) is 13.5. The van der Waals surface area contributed by atoms with Crippen LogP contribution in [0.3, 0.4) is 0 Å². The third-order valence-corrected chi connectivity index (χ3v) is 4.08. The molecular weight excluding hydrogens is 310 g/mol. The summed E-state index contributed by atoms with van der Waals surface area (Å²) in [5.41, 5.74) is 7.05. The predicted molar refractivity (Wildman–Crippen MR) is 84.6 cm³/mol. The van der Waals surface area contributed by atoms with E-state index in [4.69, 9.17) is 10.5 Å². The minimum atomic E-state index is 0.150. The van der Waals surface area contributed by atoms with Gasteiger partial charge in [-0.15, -0.1) is 0 Å². The maximum atomic E-state index is 5.90. The molecule has 2 nitrogen and oxygen atoms in total. The second-order valence-corrected chi connectivity index (χ2v) is 6.56. The van der Waals surface area contributed by atoms with E-state index in [-0.39, 0.29) is 6.04 Å². The van der Waals surface area contributed by atoms with Crippen LogP contribution in [-0.4, -0.2) is 24.2 Å². The standard InChI is InChI=1S/C14H22BrNOS/c1-3-18-9-5-8-17-14-12(10-11(2)16)6-4-7-13(14)15/h4,6-7,11H,3,5,8-10,16H2,1-2H3. The van der Waals surface area contributed by atoms with Gasteiger partial charge in [0.25, 0.3) is 0 Å². The molecule has 1 rings (SSSR count). The van der Waals surface area contributed by atoms with Crippen LogP contribution in [0.5, 0.6) is 5.75 Å². The van der Waals surface area contributed by atoms with Crippen LogP contribution in [0.1, 0.15) is 25.8 Å². The number of rotatable bonds is 8. The van der Waals surface area contributed by atoms with Gasteiger partial charge >= 0.3 is 0 Å². The molecule has 0 aromatic heterocycles. The van der Waals surface area contributed by atoms with E-state index in [1.807, 2.05) is 30.8 Å². The van der Waals surface area contributed by atoms with Crippen molar-refractivity contribution >= 4 is 27.7 Å². The number of halogens is 1. The summed E-state index contributed by atoms with van der Waals surface area (Å²) < 4.78 is 6.92. The van der Waals surface area contributed by atoms with Gasteiger partial charge < -0.3 is 10.5 Å². The number of thioether (sulfide) groups is 1. The van der Waals surface area contributed by atoms with Crippen molar-refractivity contribution in [1.29, 1.82) is 0 Å². The molecule has 2 N–H and O–H groups in total. The number of hydrogen-bond donors (Lipinski definition) is 1. The average Bonchev–Trinajstić information content (AvgIpc) is 2.31. The molecule has 0 radical (unpaired) electrons. The van der Waals surface area contributed by atoms with E-state index in [1.165, 1.54) is 11.3 Å². The van der Waals surface area contributed by atoms with Crippen molar-refractivity contribution in [2.45, 2.75) is 32.7 Å². The maximum Gasteiger partial charge on any atom is 0.136 e. The molecule has 0 heterocycles. The number of para-hydroxylation sites is 1. The van der Waals surface area contributed by atoms with Gasteiger partial charge in [0, 0.05) is 6.04 Å². The van der Waals surface area contributed by atoms with Gasteiger partial charge in [0.2, 0.25) is 0 Å². The van der Waals surface area contributed by atoms with Crippen molar-refractivity contribution in [3.8, 4) is 5.75 Å². The Morgan fingerprint density at radius 3 is 2.89 bits per heavy atom. The van der Waals surface area contributed by atoms with Crippen LogP contribution >= 0.6 is 27.7 Å². The van der Waals surface area contributed by atoms with Crippen molar-refractivity contribution in [3.05, 3.63) is 28.2 Å². The Morgan fingerprint density at radius 2 is 2.22 bits per heavy atom. The molecule has 102 valence electrons. The molecule has 0 aliphatic heterocycles. The first-order valence-electron chi connectivity index (χ1n) is 6.38. The number of benzene rings is 1. The van der Waals surface area contributed by atoms with E-state index in [9.17, 15) is 0 Å². The number of ether oxygens (including phenoxy) is 1. The Morgan fingerprint density at radius 1 is 1.44 bits per heavy atom. The molecule has 18 heavy (non-hydrogen) atoms. The summed E-state index contributed by atoms with van der Waals surface area (Å²) in [6.45, 7) is 4.96. The molecule has 0 aliphatic rings. The van der Waals surface area contributed by atoms with Gasteiger partial charge in [-0.25, -0.2) is 0 Å². The molecule has 0 spiro atoms. The second kappa shape index (κ2) is 8.83. The monoisotopic (exact) mass is 331 g/mol. The molecule has 4 heteroatoms. The highest BCUT2D eigenvalue weighted by molar-refractivity contribution is 9.10. The zero-order chi connectivity index (χ0) is 13.4. The molecule has 0 aliphatic carbocycles. The molecule has 1 unspecified atom stereocenters. The first-order chi connectivity index (χ1) is 8.65. The SMILES string of the molecule is CCSCCCOc1c(Br)cccc1CC(C)N. The largest absolute Gasteiger partial charge is 0.492 e. The van der Waals surface area contributed by atoms with E-state index in [2.05, 4.69) is 28.9 Å². The Bertz CT molecular complexity index is 358. The first kappa shape index (κ1) is 15.9. The lowest BCUT2D eigenvalue weighted by Crippen LogP contribution is -2.18. The van der Waals surface area contributed by atoms with Gasteiger partial charge in [0.1, 0.15) is 5.75 Å². The zero-order valence-electron chi connectivity index (χ0n) is 11.1. The molecule has 1 atom stereocenters. The van der Waals surface area contributed by atoms with Crippen molar-refractivity contribution in [1.82, 2.24) is 0 Å².